The van der Waals surface area contributed by atoms with Gasteiger partial charge in [0.25, 0.3) is 0 Å². The molecular formula is C11H21NO. The van der Waals surface area contributed by atoms with Gasteiger partial charge >= 0.3 is 0 Å². The molecule has 2 heteroatoms. The Bertz CT molecular complexity index is 196. The Hall–Kier alpha value is -0.530. The van der Waals surface area contributed by atoms with Crippen molar-refractivity contribution in [1.82, 2.24) is 0 Å². The van der Waals surface area contributed by atoms with Crippen molar-refractivity contribution in [3.8, 4) is 0 Å². The maximum atomic E-state index is 8.83. The van der Waals surface area contributed by atoms with Crippen LogP contribution >= 0.6 is 0 Å². The van der Waals surface area contributed by atoms with E-state index in [0.29, 0.717) is 0 Å². The topological polar surface area (TPSA) is 32.6 Å². The van der Waals surface area contributed by atoms with E-state index in [0.717, 1.165) is 18.1 Å². The normalized spacial score (nSPS) is 29.8. The smallest absolute Gasteiger partial charge is 0.0629 e. The van der Waals surface area contributed by atoms with Crippen LogP contribution in [0.3, 0.4) is 0 Å². The molecule has 0 heterocycles. The summed E-state index contributed by atoms with van der Waals surface area (Å²) in [6, 6.07) is 0. The molecule has 0 aromatic carbocycles. The first-order valence-corrected chi connectivity index (χ1v) is 5.34. The first-order valence-electron chi connectivity index (χ1n) is 5.34. The average molecular weight is 183 g/mol. The van der Waals surface area contributed by atoms with Gasteiger partial charge in [-0.15, -0.1) is 0 Å². The Morgan fingerprint density at radius 1 is 1.54 bits per heavy atom. The summed E-state index contributed by atoms with van der Waals surface area (Å²) in [5.41, 5.74) is 1.12. The molecule has 1 aliphatic carbocycles. The third-order valence-electron chi connectivity index (χ3n) is 3.52. The van der Waals surface area contributed by atoms with Crippen molar-refractivity contribution in [3.05, 3.63) is 0 Å². The van der Waals surface area contributed by atoms with E-state index in [1.165, 1.54) is 25.7 Å². The van der Waals surface area contributed by atoms with Gasteiger partial charge in [0.15, 0.2) is 0 Å². The van der Waals surface area contributed by atoms with Crippen LogP contribution in [-0.4, -0.2) is 10.9 Å². The van der Waals surface area contributed by atoms with Crippen LogP contribution in [0.5, 0.6) is 0 Å². The van der Waals surface area contributed by atoms with Crippen LogP contribution in [-0.2, 0) is 0 Å². The highest BCUT2D eigenvalue weighted by atomic mass is 16.4. The van der Waals surface area contributed by atoms with Gasteiger partial charge in [-0.1, -0.05) is 38.8 Å². The molecule has 76 valence electrons. The molecule has 1 fully saturated rings. The molecule has 2 nitrogen and oxygen atoms in total. The lowest BCUT2D eigenvalue weighted by molar-refractivity contribution is 0.282. The highest BCUT2D eigenvalue weighted by Crippen LogP contribution is 2.43. The van der Waals surface area contributed by atoms with E-state index in [1.807, 2.05) is 0 Å². The molecule has 1 aliphatic rings. The van der Waals surface area contributed by atoms with Gasteiger partial charge in [-0.2, -0.15) is 0 Å². The number of hydrogen-bond acceptors (Lipinski definition) is 2. The van der Waals surface area contributed by atoms with Crippen LogP contribution in [0.4, 0.5) is 0 Å². The van der Waals surface area contributed by atoms with E-state index in [9.17, 15) is 0 Å². The molecule has 0 aliphatic heterocycles. The van der Waals surface area contributed by atoms with Crippen LogP contribution in [0, 0.1) is 11.3 Å². The minimum absolute atomic E-state index is 0.129. The van der Waals surface area contributed by atoms with Crippen LogP contribution in [0.15, 0.2) is 5.16 Å². The molecule has 0 radical (unpaired) electrons. The van der Waals surface area contributed by atoms with Crippen LogP contribution in [0.1, 0.15) is 52.9 Å². The first kappa shape index (κ1) is 10.6. The van der Waals surface area contributed by atoms with Crippen LogP contribution in [0.25, 0.3) is 0 Å². The van der Waals surface area contributed by atoms with Crippen LogP contribution < -0.4 is 0 Å². The lowest BCUT2D eigenvalue weighted by Crippen LogP contribution is -2.25. The first-order chi connectivity index (χ1) is 6.12. The number of oxime groups is 1. The highest BCUT2D eigenvalue weighted by Gasteiger charge is 2.39. The average Bonchev–Trinajstić information content (AvgIpc) is 2.37. The molecule has 1 N–H and O–H groups in total. The monoisotopic (exact) mass is 183 g/mol. The Morgan fingerprint density at radius 3 is 2.69 bits per heavy atom. The van der Waals surface area contributed by atoms with Gasteiger partial charge < -0.3 is 5.21 Å². The summed E-state index contributed by atoms with van der Waals surface area (Å²) in [5, 5.41) is 12.2. The zero-order valence-corrected chi connectivity index (χ0v) is 9.01. The van der Waals surface area contributed by atoms with Crippen molar-refractivity contribution in [2.75, 3.05) is 0 Å². The van der Waals surface area contributed by atoms with E-state index in [2.05, 4.69) is 25.9 Å². The van der Waals surface area contributed by atoms with E-state index in [1.54, 1.807) is 0 Å². The minimum atomic E-state index is 0.129. The van der Waals surface area contributed by atoms with Gasteiger partial charge in [-0.25, -0.2) is 0 Å². The third-order valence-corrected chi connectivity index (χ3v) is 3.52. The largest absolute Gasteiger partial charge is 0.411 e. The zero-order valence-electron chi connectivity index (χ0n) is 9.01. The summed E-state index contributed by atoms with van der Waals surface area (Å²) < 4.78 is 0. The Morgan fingerprint density at radius 2 is 2.23 bits per heavy atom. The standard InChI is InChI=1S/C11H21NO/c1-4-5-6-9-7-8-10(12-13)11(9,2)3/h9,13H,4-8H2,1-3H3/b12-10+. The number of unbranched alkanes of at least 4 members (excludes halogenated alkanes) is 1. The summed E-state index contributed by atoms with van der Waals surface area (Å²) in [5.74, 6) is 0.721. The molecule has 0 saturated heterocycles. The third kappa shape index (κ3) is 2.04. The van der Waals surface area contributed by atoms with Crippen molar-refractivity contribution < 1.29 is 5.21 Å². The second-order valence-corrected chi connectivity index (χ2v) is 4.65. The molecule has 0 aromatic heterocycles. The maximum Gasteiger partial charge on any atom is 0.0629 e. The Kier molecular flexibility index (Phi) is 3.34. The fourth-order valence-electron chi connectivity index (χ4n) is 2.36. The molecule has 1 unspecified atom stereocenters. The summed E-state index contributed by atoms with van der Waals surface area (Å²) in [4.78, 5) is 0. The second-order valence-electron chi connectivity index (χ2n) is 4.65. The van der Waals surface area contributed by atoms with Crippen molar-refractivity contribution in [2.24, 2.45) is 16.5 Å². The van der Waals surface area contributed by atoms with Gasteiger partial charge in [-0.05, 0) is 25.2 Å². The van der Waals surface area contributed by atoms with Gasteiger partial charge in [0, 0.05) is 5.41 Å². The fourth-order valence-corrected chi connectivity index (χ4v) is 2.36. The zero-order chi connectivity index (χ0) is 9.90. The van der Waals surface area contributed by atoms with Crippen molar-refractivity contribution >= 4 is 5.71 Å². The highest BCUT2D eigenvalue weighted by molar-refractivity contribution is 5.91. The van der Waals surface area contributed by atoms with E-state index in [-0.39, 0.29) is 5.41 Å². The predicted molar refractivity (Wildman–Crippen MR) is 55.3 cm³/mol. The van der Waals surface area contributed by atoms with Gasteiger partial charge in [-0.3, -0.25) is 0 Å². The van der Waals surface area contributed by atoms with Crippen molar-refractivity contribution in [2.45, 2.75) is 52.9 Å². The molecule has 13 heavy (non-hydrogen) atoms. The molecule has 0 spiro atoms. The lowest BCUT2D eigenvalue weighted by atomic mass is 9.78. The second kappa shape index (κ2) is 4.12. The molecule has 0 bridgehead atoms. The number of nitrogens with zero attached hydrogens (tertiary/aromatic N) is 1. The molecule has 0 aromatic rings. The molecule has 0 amide bonds. The summed E-state index contributed by atoms with van der Waals surface area (Å²) in [6.07, 6.45) is 6.03. The minimum Gasteiger partial charge on any atom is -0.411 e. The fraction of sp³-hybridized carbons (Fsp3) is 0.909. The summed E-state index contributed by atoms with van der Waals surface area (Å²) in [6.45, 7) is 6.63. The summed E-state index contributed by atoms with van der Waals surface area (Å²) in [7, 11) is 0. The SMILES string of the molecule is CCCCC1CC/C(=N\O)C1(C)C. The van der Waals surface area contributed by atoms with E-state index < -0.39 is 0 Å². The molecule has 1 atom stereocenters. The van der Waals surface area contributed by atoms with Gasteiger partial charge in [0.1, 0.15) is 0 Å². The Labute approximate surface area is 81.0 Å². The van der Waals surface area contributed by atoms with E-state index in [4.69, 9.17) is 5.21 Å². The molecule has 1 rings (SSSR count). The molecular weight excluding hydrogens is 162 g/mol. The quantitative estimate of drug-likeness (QED) is 0.527. The lowest BCUT2D eigenvalue weighted by Gasteiger charge is -2.26. The Balaban J connectivity index is 2.59. The van der Waals surface area contributed by atoms with Crippen LogP contribution in [0.2, 0.25) is 0 Å². The van der Waals surface area contributed by atoms with Crippen molar-refractivity contribution in [1.29, 1.82) is 0 Å². The van der Waals surface area contributed by atoms with Gasteiger partial charge in [0.05, 0.1) is 5.71 Å². The number of hydrogen-bond donors (Lipinski definition) is 1. The van der Waals surface area contributed by atoms with Gasteiger partial charge in [0.2, 0.25) is 0 Å². The maximum absolute atomic E-state index is 8.83. The molecule has 1 saturated carbocycles. The summed E-state index contributed by atoms with van der Waals surface area (Å²) >= 11 is 0. The van der Waals surface area contributed by atoms with Crippen molar-refractivity contribution in [3.63, 3.8) is 0 Å². The number of rotatable bonds is 3. The van der Waals surface area contributed by atoms with E-state index >= 15 is 0 Å². The predicted octanol–water partition coefficient (Wildman–Crippen LogP) is 3.44.